The minimum Gasteiger partial charge on any atom is -0.342 e. The molecular weight excluding hydrogens is 586 g/mol. The van der Waals surface area contributed by atoms with Crippen molar-refractivity contribution in [3.63, 3.8) is 0 Å². The van der Waals surface area contributed by atoms with E-state index in [2.05, 4.69) is 91.0 Å². The molecule has 10 nitrogen and oxygen atoms in total. The van der Waals surface area contributed by atoms with E-state index in [9.17, 15) is 4.79 Å². The number of nitrogens with zero attached hydrogens (tertiary/aromatic N) is 5. The molecule has 2 atom stereocenters. The number of anilines is 1. The maximum absolute atomic E-state index is 13.7. The molecule has 0 spiro atoms. The largest absolute Gasteiger partial charge is 0.342 e. The number of aromatic amines is 2. The second-order valence-electron chi connectivity index (χ2n) is 11.9. The van der Waals surface area contributed by atoms with Gasteiger partial charge in [-0.05, 0) is 60.0 Å². The lowest BCUT2D eigenvalue weighted by Gasteiger charge is -2.30. The van der Waals surface area contributed by atoms with Crippen LogP contribution in [-0.2, 0) is 11.3 Å². The van der Waals surface area contributed by atoms with Crippen molar-refractivity contribution in [1.82, 2.24) is 40.1 Å². The molecular formula is C37H47N9O. The fraction of sp³-hybridized carbons (Fsp3) is 0.378. The molecule has 0 aliphatic carbocycles. The fourth-order valence-electron chi connectivity index (χ4n) is 5.84. The Morgan fingerprint density at radius 2 is 1.47 bits per heavy atom. The summed E-state index contributed by atoms with van der Waals surface area (Å²) < 4.78 is 0. The van der Waals surface area contributed by atoms with E-state index in [1.54, 1.807) is 18.5 Å². The summed E-state index contributed by atoms with van der Waals surface area (Å²) in [6, 6.07) is 18.3. The van der Waals surface area contributed by atoms with Crippen molar-refractivity contribution >= 4 is 11.9 Å². The Bertz CT molecular complexity index is 1680. The van der Waals surface area contributed by atoms with Crippen molar-refractivity contribution in [2.24, 2.45) is 5.92 Å². The minimum absolute atomic E-state index is 0.0465. The molecule has 4 heterocycles. The Kier molecular flexibility index (Phi) is 11.5. The van der Waals surface area contributed by atoms with Gasteiger partial charge in [0.25, 0.3) is 0 Å². The highest BCUT2D eigenvalue weighted by Crippen LogP contribution is 2.33. The van der Waals surface area contributed by atoms with Gasteiger partial charge >= 0.3 is 0 Å². The van der Waals surface area contributed by atoms with Gasteiger partial charge in [0.15, 0.2) is 0 Å². The molecule has 1 aliphatic rings. The number of aromatic nitrogens is 6. The van der Waals surface area contributed by atoms with Crippen LogP contribution in [0.3, 0.4) is 0 Å². The zero-order valence-electron chi connectivity index (χ0n) is 28.1. The summed E-state index contributed by atoms with van der Waals surface area (Å²) in [7, 11) is 0. The van der Waals surface area contributed by atoms with Gasteiger partial charge in [0.1, 0.15) is 17.7 Å². The SMILES string of the molecule is CC.CCCNCc1ncc(-c2ccc(-c3ccc(-c4cnc(C5CCCN5C(=O)C(Nc5ncccn5)C(C)C)[nH]4)cc3)cc2)[nH]1. The Morgan fingerprint density at radius 1 is 0.872 bits per heavy atom. The molecule has 1 aliphatic heterocycles. The number of likely N-dealkylation sites (tertiary alicyclic amines) is 1. The quantitative estimate of drug-likeness (QED) is 0.107. The van der Waals surface area contributed by atoms with Gasteiger partial charge in [-0.1, -0.05) is 83.1 Å². The van der Waals surface area contributed by atoms with Crippen molar-refractivity contribution in [2.45, 2.75) is 72.5 Å². The summed E-state index contributed by atoms with van der Waals surface area (Å²) in [6.07, 6.45) is 10.0. The van der Waals surface area contributed by atoms with Crippen LogP contribution >= 0.6 is 0 Å². The Hall–Kier alpha value is -4.83. The molecule has 246 valence electrons. The first kappa shape index (κ1) is 33.5. The lowest BCUT2D eigenvalue weighted by Crippen LogP contribution is -2.45. The number of carbonyl (C=O) groups excluding carboxylic acids is 1. The lowest BCUT2D eigenvalue weighted by molar-refractivity contribution is -0.134. The number of imidazole rings is 2. The van der Waals surface area contributed by atoms with Crippen LogP contribution in [0.15, 0.2) is 79.4 Å². The average Bonchev–Trinajstić information content (AvgIpc) is 3.90. The van der Waals surface area contributed by atoms with E-state index in [4.69, 9.17) is 4.98 Å². The smallest absolute Gasteiger partial charge is 0.246 e. The van der Waals surface area contributed by atoms with Gasteiger partial charge in [0, 0.05) is 18.9 Å². The maximum Gasteiger partial charge on any atom is 0.246 e. The maximum atomic E-state index is 13.7. The van der Waals surface area contributed by atoms with Gasteiger partial charge in [-0.3, -0.25) is 4.79 Å². The molecule has 0 radical (unpaired) electrons. The van der Waals surface area contributed by atoms with Crippen molar-refractivity contribution in [3.8, 4) is 33.6 Å². The fourth-order valence-corrected chi connectivity index (χ4v) is 5.84. The van der Waals surface area contributed by atoms with Crippen molar-refractivity contribution in [1.29, 1.82) is 0 Å². The number of hydrogen-bond acceptors (Lipinski definition) is 7. The first-order valence-electron chi connectivity index (χ1n) is 16.8. The number of hydrogen-bond donors (Lipinski definition) is 4. The zero-order chi connectivity index (χ0) is 33.2. The molecule has 1 fully saturated rings. The van der Waals surface area contributed by atoms with Crippen molar-refractivity contribution in [3.05, 3.63) is 91.0 Å². The highest BCUT2D eigenvalue weighted by atomic mass is 16.2. The summed E-state index contributed by atoms with van der Waals surface area (Å²) in [5.41, 5.74) is 6.40. The summed E-state index contributed by atoms with van der Waals surface area (Å²) in [5, 5.41) is 6.62. The van der Waals surface area contributed by atoms with E-state index in [0.29, 0.717) is 12.5 Å². The van der Waals surface area contributed by atoms with Crippen LogP contribution in [-0.4, -0.2) is 59.8 Å². The number of carbonyl (C=O) groups is 1. The normalized spacial score (nSPS) is 14.9. The lowest BCUT2D eigenvalue weighted by atomic mass is 10.0. The first-order valence-corrected chi connectivity index (χ1v) is 16.8. The Labute approximate surface area is 277 Å². The second kappa shape index (κ2) is 16.1. The highest BCUT2D eigenvalue weighted by Gasteiger charge is 2.37. The minimum atomic E-state index is -0.422. The summed E-state index contributed by atoms with van der Waals surface area (Å²) >= 11 is 0. The van der Waals surface area contributed by atoms with Gasteiger partial charge in [-0.15, -0.1) is 0 Å². The molecule has 2 aromatic carbocycles. The second-order valence-corrected chi connectivity index (χ2v) is 11.9. The Morgan fingerprint density at radius 3 is 2.09 bits per heavy atom. The van der Waals surface area contributed by atoms with E-state index in [-0.39, 0.29) is 17.9 Å². The number of H-pyrrole nitrogens is 2. The number of rotatable bonds is 12. The van der Waals surface area contributed by atoms with Gasteiger partial charge < -0.3 is 25.5 Å². The van der Waals surface area contributed by atoms with Crippen molar-refractivity contribution < 1.29 is 4.79 Å². The van der Waals surface area contributed by atoms with Crippen LogP contribution in [0, 0.1) is 5.92 Å². The number of nitrogens with one attached hydrogen (secondary N) is 4. The van der Waals surface area contributed by atoms with E-state index in [1.165, 1.54) is 0 Å². The van der Waals surface area contributed by atoms with E-state index in [1.807, 2.05) is 45.0 Å². The average molecular weight is 634 g/mol. The van der Waals surface area contributed by atoms with E-state index in [0.717, 1.165) is 77.6 Å². The molecule has 4 N–H and O–H groups in total. The van der Waals surface area contributed by atoms with E-state index >= 15 is 0 Å². The molecule has 0 bridgehead atoms. The topological polar surface area (TPSA) is 128 Å². The molecule has 3 aromatic heterocycles. The molecule has 10 heteroatoms. The molecule has 1 saturated heterocycles. The van der Waals surface area contributed by atoms with Gasteiger partial charge in [-0.25, -0.2) is 19.9 Å². The monoisotopic (exact) mass is 633 g/mol. The third kappa shape index (κ3) is 8.13. The third-order valence-electron chi connectivity index (χ3n) is 8.30. The molecule has 2 unspecified atom stereocenters. The predicted molar refractivity (Wildman–Crippen MR) is 188 cm³/mol. The third-order valence-corrected chi connectivity index (χ3v) is 8.30. The van der Waals surface area contributed by atoms with Crippen molar-refractivity contribution in [2.75, 3.05) is 18.4 Å². The van der Waals surface area contributed by atoms with Gasteiger partial charge in [0.2, 0.25) is 11.9 Å². The van der Waals surface area contributed by atoms with E-state index < -0.39 is 6.04 Å². The summed E-state index contributed by atoms with van der Waals surface area (Å²) in [4.78, 5) is 40.4. The highest BCUT2D eigenvalue weighted by molar-refractivity contribution is 5.85. The first-order chi connectivity index (χ1) is 23.0. The van der Waals surface area contributed by atoms with Gasteiger partial charge in [-0.2, -0.15) is 0 Å². The molecule has 6 rings (SSSR count). The summed E-state index contributed by atoms with van der Waals surface area (Å²) in [5.74, 6) is 2.34. The molecule has 47 heavy (non-hydrogen) atoms. The molecule has 0 saturated carbocycles. The number of amides is 1. The standard InChI is InChI=1S/C35H41N9O.C2H6/c1-4-16-36-22-31-39-20-28(41-31)26-12-8-24(9-13-26)25-10-14-27(15-11-25)29-21-40-33(42-29)30-7-5-19-44(30)34(45)32(23(2)3)43-35-37-17-6-18-38-35;1-2/h6,8-15,17-18,20-21,23,30,32,36H,4-5,7,16,19,22H2,1-3H3,(H,39,41)(H,40,42)(H,37,38,43);1-2H3. The zero-order valence-corrected chi connectivity index (χ0v) is 28.1. The van der Waals surface area contributed by atoms with Gasteiger partial charge in [0.05, 0.1) is 36.4 Å². The van der Waals surface area contributed by atoms with Crippen LogP contribution in [0.4, 0.5) is 5.95 Å². The van der Waals surface area contributed by atoms with Crippen LogP contribution in [0.1, 0.15) is 71.6 Å². The molecule has 5 aromatic rings. The molecule has 1 amide bonds. The Balaban J connectivity index is 0.00000213. The number of benzene rings is 2. The summed E-state index contributed by atoms with van der Waals surface area (Å²) in [6.45, 7) is 12.7. The van der Waals surface area contributed by atoms with Crippen LogP contribution < -0.4 is 10.6 Å². The van der Waals surface area contributed by atoms with Crippen LogP contribution in [0.2, 0.25) is 0 Å². The van der Waals surface area contributed by atoms with Crippen LogP contribution in [0.25, 0.3) is 33.6 Å². The van der Waals surface area contributed by atoms with Crippen LogP contribution in [0.5, 0.6) is 0 Å². The predicted octanol–water partition coefficient (Wildman–Crippen LogP) is 7.25.